The van der Waals surface area contributed by atoms with Crippen molar-refractivity contribution in [1.82, 2.24) is 15.5 Å². The molecule has 3 aromatic rings. The summed E-state index contributed by atoms with van der Waals surface area (Å²) in [5.74, 6) is -0.132. The van der Waals surface area contributed by atoms with Crippen molar-refractivity contribution < 1.29 is 4.79 Å². The van der Waals surface area contributed by atoms with Gasteiger partial charge in [-0.25, -0.2) is 0 Å². The first kappa shape index (κ1) is 17.9. The molecule has 0 aliphatic carbocycles. The van der Waals surface area contributed by atoms with Crippen LogP contribution < -0.4 is 5.32 Å². The Bertz CT molecular complexity index is 922. The number of hydrogen-bond donors (Lipinski definition) is 2. The third-order valence-corrected chi connectivity index (χ3v) is 5.18. The molecule has 1 heterocycles. The Balaban J connectivity index is 1.87. The number of H-pyrrole nitrogens is 1. The zero-order chi connectivity index (χ0) is 17.8. The lowest BCUT2D eigenvalue weighted by Crippen LogP contribution is -2.28. The van der Waals surface area contributed by atoms with Gasteiger partial charge in [-0.15, -0.1) is 6.58 Å². The van der Waals surface area contributed by atoms with Crippen LogP contribution in [0.3, 0.4) is 0 Å². The summed E-state index contributed by atoms with van der Waals surface area (Å²) in [6.07, 6.45) is 3.37. The number of rotatable bonds is 6. The Kier molecular flexibility index (Phi) is 5.75. The fraction of sp³-hybridized carbons (Fsp3) is 0.158. The molecule has 0 aliphatic heterocycles. The average Bonchev–Trinajstić information content (AvgIpc) is 2.99. The lowest BCUT2D eigenvalue weighted by molar-refractivity contribution is 0.0935. The molecule has 1 atom stereocenters. The van der Waals surface area contributed by atoms with E-state index in [1.807, 2.05) is 42.5 Å². The minimum Gasteiger partial charge on any atom is -0.345 e. The normalized spacial score (nSPS) is 12.1. The highest BCUT2D eigenvalue weighted by Crippen LogP contribution is 2.27. The zero-order valence-corrected chi connectivity index (χ0v) is 16.3. The highest BCUT2D eigenvalue weighted by molar-refractivity contribution is 14.1. The molecule has 1 amide bonds. The predicted molar refractivity (Wildman–Crippen MR) is 110 cm³/mol. The summed E-state index contributed by atoms with van der Waals surface area (Å²) in [6.45, 7) is 3.77. The van der Waals surface area contributed by atoms with Gasteiger partial charge in [-0.1, -0.05) is 35.9 Å². The van der Waals surface area contributed by atoms with Crippen LogP contribution in [0.15, 0.2) is 55.1 Å². The quantitative estimate of drug-likeness (QED) is 0.385. The molecule has 3 rings (SSSR count). The first-order valence-electron chi connectivity index (χ1n) is 7.90. The van der Waals surface area contributed by atoms with Gasteiger partial charge in [0.2, 0.25) is 0 Å². The minimum absolute atomic E-state index is 0.132. The Morgan fingerprint density at radius 2 is 2.16 bits per heavy atom. The van der Waals surface area contributed by atoms with Gasteiger partial charge in [0, 0.05) is 16.0 Å². The highest BCUT2D eigenvalue weighted by Gasteiger charge is 2.18. The van der Waals surface area contributed by atoms with E-state index < -0.39 is 0 Å². The van der Waals surface area contributed by atoms with Crippen LogP contribution in [0.25, 0.3) is 10.9 Å². The summed E-state index contributed by atoms with van der Waals surface area (Å²) in [5.41, 5.74) is 2.36. The van der Waals surface area contributed by atoms with Gasteiger partial charge in [0.05, 0.1) is 11.6 Å². The third-order valence-electron chi connectivity index (χ3n) is 4.02. The van der Waals surface area contributed by atoms with E-state index in [4.69, 9.17) is 11.6 Å². The molecule has 2 aromatic carbocycles. The monoisotopic (exact) mass is 465 g/mol. The summed E-state index contributed by atoms with van der Waals surface area (Å²) in [4.78, 5) is 12.8. The van der Waals surface area contributed by atoms with E-state index in [2.05, 4.69) is 44.7 Å². The smallest absolute Gasteiger partial charge is 0.251 e. The number of aromatic nitrogens is 2. The van der Waals surface area contributed by atoms with Gasteiger partial charge in [-0.05, 0) is 65.3 Å². The van der Waals surface area contributed by atoms with Crippen molar-refractivity contribution in [3.63, 3.8) is 0 Å². The second kappa shape index (κ2) is 8.01. The number of halogens is 2. The number of benzene rings is 2. The number of aromatic amines is 1. The SMILES string of the molecule is C=CCCC(NC(=O)c1ccc2n[nH]c(I)c2c1)c1ccccc1Cl. The van der Waals surface area contributed by atoms with Crippen LogP contribution in [-0.4, -0.2) is 16.1 Å². The Morgan fingerprint density at radius 1 is 1.36 bits per heavy atom. The molecule has 0 fully saturated rings. The Hall–Kier alpha value is -1.86. The van der Waals surface area contributed by atoms with E-state index in [-0.39, 0.29) is 11.9 Å². The van der Waals surface area contributed by atoms with Crippen LogP contribution in [0.1, 0.15) is 34.8 Å². The van der Waals surface area contributed by atoms with E-state index in [1.165, 1.54) is 0 Å². The number of nitrogens with zero attached hydrogens (tertiary/aromatic N) is 1. The van der Waals surface area contributed by atoms with E-state index in [0.717, 1.165) is 33.0 Å². The number of carbonyl (C=O) groups excluding carboxylic acids is 1. The molecule has 0 saturated carbocycles. The summed E-state index contributed by atoms with van der Waals surface area (Å²) >= 11 is 8.49. The minimum atomic E-state index is -0.168. The van der Waals surface area contributed by atoms with Crippen molar-refractivity contribution in [2.45, 2.75) is 18.9 Å². The molecule has 1 aromatic heterocycles. The van der Waals surface area contributed by atoms with Crippen LogP contribution in [0.2, 0.25) is 5.02 Å². The Morgan fingerprint density at radius 3 is 2.92 bits per heavy atom. The number of nitrogens with one attached hydrogen (secondary N) is 2. The highest BCUT2D eigenvalue weighted by atomic mass is 127. The Labute approximate surface area is 164 Å². The summed E-state index contributed by atoms with van der Waals surface area (Å²) in [6, 6.07) is 12.9. The predicted octanol–water partition coefficient (Wildman–Crippen LogP) is 5.26. The van der Waals surface area contributed by atoms with Gasteiger partial charge < -0.3 is 5.32 Å². The molecule has 0 radical (unpaired) electrons. The molecular weight excluding hydrogens is 449 g/mol. The molecule has 0 saturated heterocycles. The maximum absolute atomic E-state index is 12.8. The summed E-state index contributed by atoms with van der Waals surface area (Å²) < 4.78 is 0.913. The van der Waals surface area contributed by atoms with Crippen molar-refractivity contribution in [3.05, 3.63) is 75.0 Å². The number of hydrogen-bond acceptors (Lipinski definition) is 2. The number of carbonyl (C=O) groups is 1. The van der Waals surface area contributed by atoms with Crippen molar-refractivity contribution in [2.24, 2.45) is 0 Å². The molecule has 25 heavy (non-hydrogen) atoms. The second-order valence-electron chi connectivity index (χ2n) is 5.68. The van der Waals surface area contributed by atoms with E-state index in [9.17, 15) is 4.79 Å². The summed E-state index contributed by atoms with van der Waals surface area (Å²) in [7, 11) is 0. The van der Waals surface area contributed by atoms with E-state index >= 15 is 0 Å². The van der Waals surface area contributed by atoms with Crippen LogP contribution in [0, 0.1) is 3.70 Å². The number of allylic oxidation sites excluding steroid dienone is 1. The van der Waals surface area contributed by atoms with Crippen molar-refractivity contribution in [1.29, 1.82) is 0 Å². The number of amides is 1. The van der Waals surface area contributed by atoms with Crippen LogP contribution >= 0.6 is 34.2 Å². The van der Waals surface area contributed by atoms with Crippen molar-refractivity contribution in [2.75, 3.05) is 0 Å². The van der Waals surface area contributed by atoms with Gasteiger partial charge in [-0.2, -0.15) is 5.10 Å². The second-order valence-corrected chi connectivity index (χ2v) is 7.17. The molecule has 2 N–H and O–H groups in total. The molecule has 6 heteroatoms. The topological polar surface area (TPSA) is 57.8 Å². The van der Waals surface area contributed by atoms with Crippen molar-refractivity contribution >= 4 is 51.0 Å². The van der Waals surface area contributed by atoms with Crippen molar-refractivity contribution in [3.8, 4) is 0 Å². The maximum atomic E-state index is 12.8. The molecule has 0 bridgehead atoms. The average molecular weight is 466 g/mol. The van der Waals surface area contributed by atoms with E-state index in [1.54, 1.807) is 6.07 Å². The largest absolute Gasteiger partial charge is 0.345 e. The van der Waals surface area contributed by atoms with Crippen LogP contribution in [0.4, 0.5) is 0 Å². The van der Waals surface area contributed by atoms with Gasteiger partial charge in [0.1, 0.15) is 3.70 Å². The first-order chi connectivity index (χ1) is 12.1. The number of fused-ring (bicyclic) bond motifs is 1. The zero-order valence-electron chi connectivity index (χ0n) is 13.4. The van der Waals surface area contributed by atoms with Gasteiger partial charge in [0.15, 0.2) is 0 Å². The maximum Gasteiger partial charge on any atom is 0.251 e. The lowest BCUT2D eigenvalue weighted by Gasteiger charge is -2.20. The van der Waals surface area contributed by atoms with Crippen LogP contribution in [0.5, 0.6) is 0 Å². The molecule has 0 aliphatic rings. The van der Waals surface area contributed by atoms with Gasteiger partial charge in [-0.3, -0.25) is 9.89 Å². The van der Waals surface area contributed by atoms with Gasteiger partial charge in [0.25, 0.3) is 5.91 Å². The first-order valence-corrected chi connectivity index (χ1v) is 9.35. The third kappa shape index (κ3) is 4.04. The molecule has 0 spiro atoms. The fourth-order valence-electron chi connectivity index (χ4n) is 2.71. The molecule has 4 nitrogen and oxygen atoms in total. The standard InChI is InChI=1S/C19H17ClIN3O/c1-2-3-8-16(13-6-4-5-7-15(13)20)22-19(25)12-9-10-17-14(11-12)18(21)24-23-17/h2,4-7,9-11,16H,1,3,8H2,(H,22,25)(H,23,24). The molecule has 1 unspecified atom stereocenters. The lowest BCUT2D eigenvalue weighted by atomic mass is 10.0. The molecule has 128 valence electrons. The van der Waals surface area contributed by atoms with Gasteiger partial charge >= 0.3 is 0 Å². The van der Waals surface area contributed by atoms with Crippen LogP contribution in [-0.2, 0) is 0 Å². The molecular formula is C19H17ClIN3O. The fourth-order valence-corrected chi connectivity index (χ4v) is 3.53. The summed E-state index contributed by atoms with van der Waals surface area (Å²) in [5, 5.41) is 11.8. The van der Waals surface area contributed by atoms with E-state index in [0.29, 0.717) is 10.6 Å².